The van der Waals surface area contributed by atoms with Crippen molar-refractivity contribution in [3.8, 4) is 0 Å². The third-order valence-electron chi connectivity index (χ3n) is 2.88. The summed E-state index contributed by atoms with van der Waals surface area (Å²) in [6.07, 6.45) is 1.50. The molecule has 112 valence electrons. The summed E-state index contributed by atoms with van der Waals surface area (Å²) >= 11 is 5.94. The topological polar surface area (TPSA) is 88.8 Å². The van der Waals surface area contributed by atoms with E-state index in [0.29, 0.717) is 28.4 Å². The highest BCUT2D eigenvalue weighted by Gasteiger charge is 2.06. The van der Waals surface area contributed by atoms with Crippen LogP contribution in [0, 0.1) is 13.8 Å². The Morgan fingerprint density at radius 2 is 1.95 bits per heavy atom. The summed E-state index contributed by atoms with van der Waals surface area (Å²) in [6.45, 7) is 3.76. The van der Waals surface area contributed by atoms with Crippen molar-refractivity contribution in [1.29, 1.82) is 0 Å². The molecule has 3 aromatic rings. The molecular formula is C14H13ClN6O. The van der Waals surface area contributed by atoms with E-state index in [2.05, 4.69) is 31.0 Å². The normalized spacial score (nSPS) is 10.5. The molecular weight excluding hydrogens is 304 g/mol. The van der Waals surface area contributed by atoms with Gasteiger partial charge in [0.15, 0.2) is 11.6 Å². The molecule has 0 aliphatic carbocycles. The van der Waals surface area contributed by atoms with Crippen molar-refractivity contribution in [2.24, 2.45) is 0 Å². The van der Waals surface area contributed by atoms with Crippen molar-refractivity contribution in [3.05, 3.63) is 46.8 Å². The second-order valence-corrected chi connectivity index (χ2v) is 5.13. The van der Waals surface area contributed by atoms with Crippen molar-refractivity contribution < 1.29 is 4.52 Å². The van der Waals surface area contributed by atoms with E-state index in [-0.39, 0.29) is 0 Å². The van der Waals surface area contributed by atoms with Crippen LogP contribution in [0.2, 0.25) is 5.02 Å². The van der Waals surface area contributed by atoms with E-state index in [4.69, 9.17) is 16.1 Å². The number of hydrogen-bond acceptors (Lipinski definition) is 7. The minimum absolute atomic E-state index is 0.371. The van der Waals surface area contributed by atoms with E-state index in [9.17, 15) is 0 Å². The van der Waals surface area contributed by atoms with Crippen LogP contribution in [-0.2, 0) is 0 Å². The van der Waals surface area contributed by atoms with Crippen LogP contribution in [0.25, 0.3) is 0 Å². The maximum atomic E-state index is 5.94. The fourth-order valence-electron chi connectivity index (χ4n) is 1.86. The van der Waals surface area contributed by atoms with Gasteiger partial charge in [0.05, 0.1) is 6.20 Å². The van der Waals surface area contributed by atoms with E-state index in [1.54, 1.807) is 12.1 Å². The molecule has 7 nitrogen and oxygen atoms in total. The quantitative estimate of drug-likeness (QED) is 0.759. The molecule has 3 rings (SSSR count). The molecule has 2 N–H and O–H groups in total. The summed E-state index contributed by atoms with van der Waals surface area (Å²) < 4.78 is 4.99. The maximum absolute atomic E-state index is 5.94. The highest BCUT2D eigenvalue weighted by molar-refractivity contribution is 6.30. The summed E-state index contributed by atoms with van der Waals surface area (Å²) in [5.74, 6) is 2.15. The summed E-state index contributed by atoms with van der Waals surface area (Å²) in [5, 5.41) is 18.5. The number of benzene rings is 1. The first-order chi connectivity index (χ1) is 10.6. The second kappa shape index (κ2) is 5.98. The molecule has 0 saturated heterocycles. The van der Waals surface area contributed by atoms with E-state index in [1.807, 2.05) is 26.0 Å². The van der Waals surface area contributed by atoms with Crippen LogP contribution < -0.4 is 10.6 Å². The lowest BCUT2D eigenvalue weighted by atomic mass is 10.2. The minimum Gasteiger partial charge on any atom is -0.360 e. The van der Waals surface area contributed by atoms with Crippen LogP contribution in [0.3, 0.4) is 0 Å². The Morgan fingerprint density at radius 1 is 1.09 bits per heavy atom. The highest BCUT2D eigenvalue weighted by Crippen LogP contribution is 2.22. The first kappa shape index (κ1) is 14.3. The number of rotatable bonds is 4. The van der Waals surface area contributed by atoms with Gasteiger partial charge >= 0.3 is 0 Å². The molecule has 0 aliphatic heterocycles. The van der Waals surface area contributed by atoms with Gasteiger partial charge in [-0.05, 0) is 37.6 Å². The molecule has 0 radical (unpaired) electrons. The Balaban J connectivity index is 1.78. The highest BCUT2D eigenvalue weighted by atomic mass is 35.5. The molecule has 0 atom stereocenters. The summed E-state index contributed by atoms with van der Waals surface area (Å²) in [6, 6.07) is 7.28. The monoisotopic (exact) mass is 316 g/mol. The van der Waals surface area contributed by atoms with Crippen LogP contribution >= 0.6 is 11.6 Å². The van der Waals surface area contributed by atoms with Crippen molar-refractivity contribution in [1.82, 2.24) is 20.3 Å². The lowest BCUT2D eigenvalue weighted by Gasteiger charge is -2.08. The second-order valence-electron chi connectivity index (χ2n) is 4.70. The molecule has 0 amide bonds. The molecule has 1 aromatic carbocycles. The third kappa shape index (κ3) is 3.32. The SMILES string of the molecule is Cc1cc(Nc2cnnc(Nc3ccc(Cl)cc3C)n2)no1. The number of nitrogens with zero attached hydrogens (tertiary/aromatic N) is 4. The van der Waals surface area contributed by atoms with Crippen molar-refractivity contribution in [2.75, 3.05) is 10.6 Å². The van der Waals surface area contributed by atoms with Gasteiger partial charge in [-0.2, -0.15) is 10.1 Å². The molecule has 0 bridgehead atoms. The largest absolute Gasteiger partial charge is 0.360 e. The fourth-order valence-corrected chi connectivity index (χ4v) is 2.09. The number of aryl methyl sites for hydroxylation is 2. The van der Waals surface area contributed by atoms with E-state index >= 15 is 0 Å². The van der Waals surface area contributed by atoms with Crippen molar-refractivity contribution >= 4 is 34.9 Å². The standard InChI is InChI=1S/C14H13ClN6O/c1-8-5-10(15)3-4-11(8)17-14-19-13(7-16-20-14)18-12-6-9(2)22-21-12/h3-7H,1-2H3,(H2,17,18,19,20,21). The van der Waals surface area contributed by atoms with Gasteiger partial charge in [0.1, 0.15) is 5.76 Å². The van der Waals surface area contributed by atoms with Gasteiger partial charge in [-0.25, -0.2) is 0 Å². The predicted octanol–water partition coefficient (Wildman–Crippen LogP) is 3.62. The van der Waals surface area contributed by atoms with Gasteiger partial charge < -0.3 is 15.2 Å². The van der Waals surface area contributed by atoms with Gasteiger partial charge in [0.2, 0.25) is 5.95 Å². The zero-order valence-corrected chi connectivity index (χ0v) is 12.7. The van der Waals surface area contributed by atoms with Gasteiger partial charge in [0.25, 0.3) is 0 Å². The van der Waals surface area contributed by atoms with Crippen LogP contribution in [0.5, 0.6) is 0 Å². The average molecular weight is 317 g/mol. The zero-order valence-electron chi connectivity index (χ0n) is 12.0. The molecule has 2 heterocycles. The Bertz CT molecular complexity index is 804. The fraction of sp³-hybridized carbons (Fsp3) is 0.143. The van der Waals surface area contributed by atoms with Gasteiger partial charge in [-0.15, -0.1) is 5.10 Å². The van der Waals surface area contributed by atoms with Gasteiger partial charge in [-0.1, -0.05) is 16.8 Å². The van der Waals surface area contributed by atoms with E-state index in [0.717, 1.165) is 11.3 Å². The Morgan fingerprint density at radius 3 is 2.68 bits per heavy atom. The average Bonchev–Trinajstić information content (AvgIpc) is 2.88. The first-order valence-electron chi connectivity index (χ1n) is 6.53. The molecule has 8 heteroatoms. The van der Waals surface area contributed by atoms with E-state index < -0.39 is 0 Å². The maximum Gasteiger partial charge on any atom is 0.249 e. The van der Waals surface area contributed by atoms with Crippen molar-refractivity contribution in [3.63, 3.8) is 0 Å². The van der Waals surface area contributed by atoms with Crippen LogP contribution in [0.4, 0.5) is 23.3 Å². The van der Waals surface area contributed by atoms with Crippen molar-refractivity contribution in [2.45, 2.75) is 13.8 Å². The van der Waals surface area contributed by atoms with E-state index in [1.165, 1.54) is 6.20 Å². The molecule has 0 aliphatic rings. The minimum atomic E-state index is 0.371. The first-order valence-corrected chi connectivity index (χ1v) is 6.91. The molecule has 2 aromatic heterocycles. The third-order valence-corrected chi connectivity index (χ3v) is 3.11. The molecule has 22 heavy (non-hydrogen) atoms. The molecule has 0 spiro atoms. The summed E-state index contributed by atoms with van der Waals surface area (Å²) in [7, 11) is 0. The summed E-state index contributed by atoms with van der Waals surface area (Å²) in [5.41, 5.74) is 1.85. The Kier molecular flexibility index (Phi) is 3.88. The van der Waals surface area contributed by atoms with Crippen LogP contribution in [0.1, 0.15) is 11.3 Å². The van der Waals surface area contributed by atoms with Crippen LogP contribution in [-0.4, -0.2) is 20.3 Å². The zero-order chi connectivity index (χ0) is 15.5. The smallest absolute Gasteiger partial charge is 0.249 e. The van der Waals surface area contributed by atoms with Gasteiger partial charge in [0, 0.05) is 16.8 Å². The number of halogens is 1. The van der Waals surface area contributed by atoms with Gasteiger partial charge in [-0.3, -0.25) is 0 Å². The molecule has 0 fully saturated rings. The summed E-state index contributed by atoms with van der Waals surface area (Å²) in [4.78, 5) is 4.33. The lowest BCUT2D eigenvalue weighted by molar-refractivity contribution is 0.400. The number of anilines is 4. The van der Waals surface area contributed by atoms with Crippen LogP contribution in [0.15, 0.2) is 35.0 Å². The lowest BCUT2D eigenvalue weighted by Crippen LogP contribution is -2.03. The number of aromatic nitrogens is 4. The number of nitrogens with one attached hydrogen (secondary N) is 2. The predicted molar refractivity (Wildman–Crippen MR) is 83.8 cm³/mol. The Hall–Kier alpha value is -2.67. The Labute approximate surface area is 131 Å². The number of hydrogen-bond donors (Lipinski definition) is 2. The molecule has 0 unspecified atom stereocenters. The molecule has 0 saturated carbocycles.